The number of aliphatic hydroxyl groups is 1. The van der Waals surface area contributed by atoms with Crippen molar-refractivity contribution >= 4 is 21.3 Å². The van der Waals surface area contributed by atoms with Crippen LogP contribution < -0.4 is 5.14 Å². The monoisotopic (exact) mass is 235 g/mol. The number of nitrogens with one attached hydrogen (secondary N) is 1. The molecule has 0 aliphatic heterocycles. The van der Waals surface area contributed by atoms with E-state index in [9.17, 15) is 4.21 Å². The zero-order chi connectivity index (χ0) is 10.9. The summed E-state index contributed by atoms with van der Waals surface area (Å²) in [6.07, 6.45) is 0. The minimum Gasteiger partial charge on any atom is -0.390 e. The molecule has 0 aliphatic carbocycles. The topological polar surface area (TPSA) is 100 Å². The lowest BCUT2D eigenvalue weighted by Gasteiger charge is -1.97. The van der Waals surface area contributed by atoms with Gasteiger partial charge in [0.2, 0.25) is 0 Å². The average Bonchev–Trinajstić information content (AvgIpc) is 2.46. The normalized spacial score (nSPS) is 15.8. The molecule has 0 amide bonds. The van der Waals surface area contributed by atoms with Gasteiger partial charge in [-0.25, -0.2) is 19.1 Å². The fraction of sp³-hybridized carbons (Fsp3) is 0.571. The van der Waals surface area contributed by atoms with E-state index in [2.05, 4.69) is 4.98 Å². The number of aromatic nitrogens is 1. The van der Waals surface area contributed by atoms with E-state index in [0.717, 1.165) is 16.3 Å². The first-order chi connectivity index (χ1) is 6.36. The number of aliphatic hydroxyl groups excluding tert-OH is 1. The first kappa shape index (κ1) is 11.6. The van der Waals surface area contributed by atoms with Gasteiger partial charge in [-0.3, -0.25) is 0 Å². The Morgan fingerprint density at radius 1 is 1.71 bits per heavy atom. The molecule has 5 nitrogen and oxygen atoms in total. The third-order valence-corrected chi connectivity index (χ3v) is 4.57. The van der Waals surface area contributed by atoms with E-state index in [1.807, 2.05) is 13.8 Å². The second-order valence-corrected chi connectivity index (χ2v) is 6.10. The highest BCUT2D eigenvalue weighted by Crippen LogP contribution is 2.27. The standard InChI is InChI=1S/C7H13N3O2S2/c1-4(2)6-10-5(3-11)7(13-6)14(8,9)12/h4,11H,3H2,1-2H3,(H3,8,9,12). The Morgan fingerprint density at radius 3 is 2.57 bits per heavy atom. The van der Waals surface area contributed by atoms with Crippen LogP contribution in [0.3, 0.4) is 0 Å². The second kappa shape index (κ2) is 3.93. The van der Waals surface area contributed by atoms with Crippen molar-refractivity contribution in [2.45, 2.75) is 30.6 Å². The summed E-state index contributed by atoms with van der Waals surface area (Å²) in [5.74, 6) is 0.181. The van der Waals surface area contributed by atoms with Crippen LogP contribution in [0.4, 0.5) is 0 Å². The SMILES string of the molecule is CC(C)c1nc(CO)c(S(=N)(N)=O)s1. The third-order valence-electron chi connectivity index (χ3n) is 1.60. The van der Waals surface area contributed by atoms with Crippen molar-refractivity contribution in [1.29, 1.82) is 4.78 Å². The van der Waals surface area contributed by atoms with Gasteiger partial charge in [0.1, 0.15) is 14.1 Å². The van der Waals surface area contributed by atoms with Crippen molar-refractivity contribution in [1.82, 2.24) is 4.98 Å². The van der Waals surface area contributed by atoms with Crippen LogP contribution in [0.2, 0.25) is 0 Å². The molecular formula is C7H13N3O2S2. The summed E-state index contributed by atoms with van der Waals surface area (Å²) in [5, 5.41) is 14.9. The maximum atomic E-state index is 11.3. The van der Waals surface area contributed by atoms with Crippen molar-refractivity contribution in [2.24, 2.45) is 5.14 Å². The van der Waals surface area contributed by atoms with E-state index in [1.165, 1.54) is 0 Å². The summed E-state index contributed by atoms with van der Waals surface area (Å²) >= 11 is 1.14. The minimum absolute atomic E-state index is 0.181. The average molecular weight is 235 g/mol. The highest BCUT2D eigenvalue weighted by atomic mass is 32.2. The van der Waals surface area contributed by atoms with Crippen LogP contribution in [0.15, 0.2) is 4.21 Å². The predicted octanol–water partition coefficient (Wildman–Crippen LogP) is 1.04. The van der Waals surface area contributed by atoms with Crippen LogP contribution in [0.1, 0.15) is 30.5 Å². The fourth-order valence-electron chi connectivity index (χ4n) is 0.939. The van der Waals surface area contributed by atoms with Gasteiger partial charge in [0.15, 0.2) is 0 Å². The number of thiazole rings is 1. The van der Waals surface area contributed by atoms with E-state index in [0.29, 0.717) is 0 Å². The Labute approximate surface area is 87.1 Å². The number of nitrogens with zero attached hydrogens (tertiary/aromatic N) is 1. The largest absolute Gasteiger partial charge is 0.390 e. The van der Waals surface area contributed by atoms with Gasteiger partial charge < -0.3 is 5.11 Å². The molecule has 0 aromatic carbocycles. The Kier molecular flexibility index (Phi) is 3.25. The van der Waals surface area contributed by atoms with Crippen molar-refractivity contribution in [3.8, 4) is 0 Å². The molecule has 7 heteroatoms. The Bertz CT molecular complexity index is 422. The van der Waals surface area contributed by atoms with Gasteiger partial charge in [0.05, 0.1) is 17.3 Å². The van der Waals surface area contributed by atoms with E-state index in [1.54, 1.807) is 0 Å². The van der Waals surface area contributed by atoms with Gasteiger partial charge in [0.25, 0.3) is 0 Å². The Balaban J connectivity index is 3.30. The minimum atomic E-state index is -3.26. The third kappa shape index (κ3) is 2.30. The van der Waals surface area contributed by atoms with E-state index < -0.39 is 9.92 Å². The summed E-state index contributed by atoms with van der Waals surface area (Å²) in [7, 11) is -3.26. The molecule has 1 heterocycles. The maximum absolute atomic E-state index is 11.3. The van der Waals surface area contributed by atoms with Crippen molar-refractivity contribution in [3.05, 3.63) is 10.7 Å². The smallest absolute Gasteiger partial charge is 0.143 e. The number of hydrogen-bond acceptors (Lipinski definition) is 5. The number of rotatable bonds is 3. The molecule has 14 heavy (non-hydrogen) atoms. The molecule has 4 N–H and O–H groups in total. The summed E-state index contributed by atoms with van der Waals surface area (Å²) in [5.41, 5.74) is 0.265. The first-order valence-electron chi connectivity index (χ1n) is 4.03. The fourth-order valence-corrected chi connectivity index (χ4v) is 2.96. The maximum Gasteiger partial charge on any atom is 0.143 e. The van der Waals surface area contributed by atoms with Crippen LogP contribution >= 0.6 is 11.3 Å². The lowest BCUT2D eigenvalue weighted by atomic mass is 10.2. The second-order valence-electron chi connectivity index (χ2n) is 3.20. The molecule has 0 spiro atoms. The zero-order valence-electron chi connectivity index (χ0n) is 7.98. The number of hydrogen-bond donors (Lipinski definition) is 3. The first-order valence-corrected chi connectivity index (χ1v) is 6.47. The van der Waals surface area contributed by atoms with Gasteiger partial charge in [-0.1, -0.05) is 13.8 Å². The molecular weight excluding hydrogens is 222 g/mol. The quantitative estimate of drug-likeness (QED) is 0.729. The Morgan fingerprint density at radius 2 is 2.29 bits per heavy atom. The summed E-state index contributed by atoms with van der Waals surface area (Å²) in [6.45, 7) is 3.55. The van der Waals surface area contributed by atoms with Gasteiger partial charge >= 0.3 is 0 Å². The molecule has 1 rings (SSSR count). The summed E-state index contributed by atoms with van der Waals surface area (Å²) in [6, 6.07) is 0. The lowest BCUT2D eigenvalue weighted by Crippen LogP contribution is -2.10. The molecule has 1 atom stereocenters. The van der Waals surface area contributed by atoms with Crippen LogP contribution in [0, 0.1) is 4.78 Å². The van der Waals surface area contributed by atoms with Crippen LogP contribution in [-0.2, 0) is 16.5 Å². The van der Waals surface area contributed by atoms with Crippen molar-refractivity contribution < 1.29 is 9.32 Å². The molecule has 0 saturated heterocycles. The van der Waals surface area contributed by atoms with Crippen LogP contribution in [0.25, 0.3) is 0 Å². The van der Waals surface area contributed by atoms with E-state index >= 15 is 0 Å². The molecule has 1 aromatic rings. The lowest BCUT2D eigenvalue weighted by molar-refractivity contribution is 0.274. The van der Waals surface area contributed by atoms with Crippen LogP contribution in [-0.4, -0.2) is 14.3 Å². The summed E-state index contributed by atoms with van der Waals surface area (Å²) < 4.78 is 18.7. The number of nitrogens with two attached hydrogens (primary N) is 1. The molecule has 0 radical (unpaired) electrons. The van der Waals surface area contributed by atoms with Crippen molar-refractivity contribution in [3.63, 3.8) is 0 Å². The van der Waals surface area contributed by atoms with Gasteiger partial charge in [-0.05, 0) is 0 Å². The molecule has 0 saturated carbocycles. The van der Waals surface area contributed by atoms with Gasteiger partial charge in [0, 0.05) is 5.92 Å². The summed E-state index contributed by atoms with van der Waals surface area (Å²) in [4.78, 5) is 4.08. The highest BCUT2D eigenvalue weighted by Gasteiger charge is 2.18. The molecule has 0 aliphatic rings. The molecule has 0 bridgehead atoms. The van der Waals surface area contributed by atoms with Crippen molar-refractivity contribution in [2.75, 3.05) is 0 Å². The van der Waals surface area contributed by atoms with Gasteiger partial charge in [-0.2, -0.15) is 0 Å². The van der Waals surface area contributed by atoms with Crippen LogP contribution in [0.5, 0.6) is 0 Å². The Hall–Kier alpha value is -0.500. The molecule has 1 aromatic heterocycles. The molecule has 0 fully saturated rings. The zero-order valence-corrected chi connectivity index (χ0v) is 9.61. The van der Waals surface area contributed by atoms with Gasteiger partial charge in [-0.15, -0.1) is 11.3 Å². The highest BCUT2D eigenvalue weighted by molar-refractivity contribution is 7.92. The molecule has 1 unspecified atom stereocenters. The van der Waals surface area contributed by atoms with E-state index in [4.69, 9.17) is 15.0 Å². The van der Waals surface area contributed by atoms with E-state index in [-0.39, 0.29) is 22.4 Å². The molecule has 80 valence electrons. The predicted molar refractivity (Wildman–Crippen MR) is 55.4 cm³/mol.